The maximum absolute atomic E-state index is 10.4. The quantitative estimate of drug-likeness (QED) is 0.543. The Balaban J connectivity index is 0.00000180. The monoisotopic (exact) mass is 465 g/mol. The molecule has 0 unspecified atom stereocenters. The SMILES string of the molecule is CCc1ccc(P(O)c2ccc(CC)cc2)cc1.[CH3-].[Os+]. The zero-order valence-corrected chi connectivity index (χ0v) is 15.7. The van der Waals surface area contributed by atoms with Crippen LogP contribution >= 0.6 is 8.15 Å². The molecule has 0 aliphatic rings. The van der Waals surface area contributed by atoms with Crippen LogP contribution in [0.25, 0.3) is 0 Å². The number of benzene rings is 2. The molecule has 3 heteroatoms. The van der Waals surface area contributed by atoms with Crippen molar-refractivity contribution in [2.45, 2.75) is 26.7 Å². The summed E-state index contributed by atoms with van der Waals surface area (Å²) in [6.45, 7) is 4.28. The third-order valence-electron chi connectivity index (χ3n) is 3.18. The summed E-state index contributed by atoms with van der Waals surface area (Å²) in [5.74, 6) is 0. The average Bonchev–Trinajstić information content (AvgIpc) is 2.47. The van der Waals surface area contributed by atoms with Crippen LogP contribution in [0, 0.1) is 7.43 Å². The fourth-order valence-electron chi connectivity index (χ4n) is 1.89. The van der Waals surface area contributed by atoms with E-state index in [9.17, 15) is 4.89 Å². The molecule has 2 rings (SSSR count). The molecule has 0 aliphatic heterocycles. The van der Waals surface area contributed by atoms with Crippen LogP contribution in [0.4, 0.5) is 0 Å². The van der Waals surface area contributed by atoms with Crippen LogP contribution in [0.2, 0.25) is 0 Å². The Labute approximate surface area is 137 Å². The van der Waals surface area contributed by atoms with Crippen molar-refractivity contribution in [3.63, 3.8) is 0 Å². The van der Waals surface area contributed by atoms with Gasteiger partial charge in [0.05, 0.1) is 8.15 Å². The molecule has 0 fully saturated rings. The van der Waals surface area contributed by atoms with Gasteiger partial charge in [0.25, 0.3) is 0 Å². The molecule has 0 heterocycles. The minimum Gasteiger partial charge on any atom is -0.364 e. The van der Waals surface area contributed by atoms with E-state index in [1.807, 2.05) is 24.3 Å². The van der Waals surface area contributed by atoms with E-state index in [0.717, 1.165) is 23.5 Å². The van der Waals surface area contributed by atoms with E-state index in [0.29, 0.717) is 0 Å². The first-order valence-electron chi connectivity index (χ1n) is 6.41. The van der Waals surface area contributed by atoms with Crippen LogP contribution < -0.4 is 10.6 Å². The van der Waals surface area contributed by atoms with Crippen LogP contribution in [0.5, 0.6) is 0 Å². The maximum Gasteiger partial charge on any atom is 1.00 e. The first-order chi connectivity index (χ1) is 8.74. The topological polar surface area (TPSA) is 20.2 Å². The van der Waals surface area contributed by atoms with Gasteiger partial charge in [-0.3, -0.25) is 0 Å². The van der Waals surface area contributed by atoms with E-state index in [1.54, 1.807) is 0 Å². The van der Waals surface area contributed by atoms with E-state index in [1.165, 1.54) is 11.1 Å². The van der Waals surface area contributed by atoms with E-state index < -0.39 is 8.15 Å². The van der Waals surface area contributed by atoms with Crippen molar-refractivity contribution in [2.75, 3.05) is 0 Å². The summed E-state index contributed by atoms with van der Waals surface area (Å²) in [4.78, 5) is 10.4. The molecule has 0 bridgehead atoms. The van der Waals surface area contributed by atoms with Gasteiger partial charge in [0.15, 0.2) is 0 Å². The van der Waals surface area contributed by atoms with Crippen LogP contribution in [0.1, 0.15) is 25.0 Å². The van der Waals surface area contributed by atoms with Crippen molar-refractivity contribution in [1.29, 1.82) is 0 Å². The van der Waals surface area contributed by atoms with Gasteiger partial charge in [-0.2, -0.15) is 0 Å². The molecule has 2 aromatic carbocycles. The zero-order valence-electron chi connectivity index (χ0n) is 12.3. The second kappa shape index (κ2) is 9.41. The van der Waals surface area contributed by atoms with Crippen molar-refractivity contribution >= 4 is 18.8 Å². The molecule has 1 N–H and O–H groups in total. The Bertz CT molecular complexity index is 446. The normalized spacial score (nSPS) is 9.80. The molecule has 2 aromatic rings. The molecule has 1 nitrogen and oxygen atoms in total. The Morgan fingerprint density at radius 2 is 1.05 bits per heavy atom. The predicted octanol–water partition coefficient (Wildman–Crippen LogP) is 3.60. The third-order valence-corrected chi connectivity index (χ3v) is 4.75. The number of hydrogen-bond donors (Lipinski definition) is 1. The molecule has 0 amide bonds. The van der Waals surface area contributed by atoms with Gasteiger partial charge >= 0.3 is 19.8 Å². The first-order valence-corrected chi connectivity index (χ1v) is 7.71. The van der Waals surface area contributed by atoms with Gasteiger partial charge < -0.3 is 12.3 Å². The van der Waals surface area contributed by atoms with E-state index in [-0.39, 0.29) is 27.2 Å². The molecular formula is C17H22OOsP. The minimum atomic E-state index is -1.21. The molecule has 109 valence electrons. The number of aryl methyl sites for hydroxylation is 2. The summed E-state index contributed by atoms with van der Waals surface area (Å²) in [6.07, 6.45) is 2.07. The summed E-state index contributed by atoms with van der Waals surface area (Å²) in [7, 11) is -1.21. The van der Waals surface area contributed by atoms with Crippen molar-refractivity contribution in [3.8, 4) is 0 Å². The summed E-state index contributed by atoms with van der Waals surface area (Å²) in [6, 6.07) is 16.6. The number of hydrogen-bond acceptors (Lipinski definition) is 1. The van der Waals surface area contributed by atoms with E-state index in [4.69, 9.17) is 0 Å². The van der Waals surface area contributed by atoms with Crippen LogP contribution in [0.15, 0.2) is 48.5 Å². The van der Waals surface area contributed by atoms with Crippen molar-refractivity contribution in [3.05, 3.63) is 67.1 Å². The standard InChI is InChI=1S/C16H19OP.CH3.Os/c1-3-13-5-9-15(10-6-13)18(17)16-11-7-14(4-2)8-12-16;;/h5-12,17H,3-4H2,1-2H3;1H3;/q;-1;+1. The summed E-state index contributed by atoms with van der Waals surface area (Å²) in [5, 5.41) is 2.04. The molecule has 0 saturated heterocycles. The van der Waals surface area contributed by atoms with Crippen LogP contribution in [-0.2, 0) is 32.6 Å². The van der Waals surface area contributed by atoms with Gasteiger partial charge in [0, 0.05) is 10.6 Å². The van der Waals surface area contributed by atoms with E-state index >= 15 is 0 Å². The van der Waals surface area contributed by atoms with E-state index in [2.05, 4.69) is 38.1 Å². The molecular weight excluding hydrogens is 441 g/mol. The predicted molar refractivity (Wildman–Crippen MR) is 86.5 cm³/mol. The fraction of sp³-hybridized carbons (Fsp3) is 0.235. The third kappa shape index (κ3) is 4.78. The van der Waals surface area contributed by atoms with Crippen LogP contribution in [0.3, 0.4) is 0 Å². The summed E-state index contributed by atoms with van der Waals surface area (Å²) < 4.78 is 0. The van der Waals surface area contributed by atoms with Gasteiger partial charge in [0.1, 0.15) is 0 Å². The Kier molecular flexibility index (Phi) is 9.16. The smallest absolute Gasteiger partial charge is 0.364 e. The van der Waals surface area contributed by atoms with Gasteiger partial charge in [-0.25, -0.2) is 0 Å². The van der Waals surface area contributed by atoms with Crippen molar-refractivity contribution in [2.24, 2.45) is 0 Å². The summed E-state index contributed by atoms with van der Waals surface area (Å²) >= 11 is 0. The molecule has 1 radical (unpaired) electrons. The fourth-order valence-corrected chi connectivity index (χ4v) is 3.06. The average molecular weight is 464 g/mol. The number of rotatable bonds is 4. The minimum absolute atomic E-state index is 0. The van der Waals surface area contributed by atoms with Gasteiger partial charge in [-0.1, -0.05) is 62.4 Å². The molecule has 0 aliphatic carbocycles. The second-order valence-corrected chi connectivity index (χ2v) is 6.01. The van der Waals surface area contributed by atoms with Gasteiger partial charge in [-0.15, -0.1) is 0 Å². The Morgan fingerprint density at radius 3 is 1.30 bits per heavy atom. The van der Waals surface area contributed by atoms with Gasteiger partial charge in [0.2, 0.25) is 0 Å². The second-order valence-electron chi connectivity index (χ2n) is 4.35. The largest absolute Gasteiger partial charge is 1.00 e. The Morgan fingerprint density at radius 1 is 0.750 bits per heavy atom. The van der Waals surface area contributed by atoms with Crippen LogP contribution in [-0.4, -0.2) is 4.89 Å². The zero-order chi connectivity index (χ0) is 13.0. The summed E-state index contributed by atoms with van der Waals surface area (Å²) in [5.41, 5.74) is 2.62. The Hall–Kier alpha value is -0.534. The first kappa shape index (κ1) is 19.5. The maximum atomic E-state index is 10.4. The molecule has 0 aromatic heterocycles. The van der Waals surface area contributed by atoms with Crippen molar-refractivity contribution < 1.29 is 24.7 Å². The molecule has 0 spiro atoms. The molecule has 20 heavy (non-hydrogen) atoms. The molecule has 0 saturated carbocycles. The van der Waals surface area contributed by atoms with Gasteiger partial charge in [-0.05, 0) is 24.0 Å². The van der Waals surface area contributed by atoms with Crippen molar-refractivity contribution in [1.82, 2.24) is 0 Å². The molecule has 0 atom stereocenters.